The van der Waals surface area contributed by atoms with Crippen LogP contribution in [0.4, 0.5) is 0 Å². The highest BCUT2D eigenvalue weighted by Crippen LogP contribution is 2.35. The average Bonchev–Trinajstić information content (AvgIpc) is 3.36. The summed E-state index contributed by atoms with van der Waals surface area (Å²) in [7, 11) is 0. The zero-order chi connectivity index (χ0) is 15.3. The van der Waals surface area contributed by atoms with Crippen molar-refractivity contribution in [1.29, 1.82) is 0 Å². The number of benzene rings is 1. The molecule has 1 saturated heterocycles. The molecule has 5 nitrogen and oxygen atoms in total. The van der Waals surface area contributed by atoms with Gasteiger partial charge in [-0.05, 0) is 18.9 Å². The summed E-state index contributed by atoms with van der Waals surface area (Å²) in [6.45, 7) is 1.43. The first-order valence-electron chi connectivity index (χ1n) is 8.64. The van der Waals surface area contributed by atoms with E-state index in [0.29, 0.717) is 12.6 Å². The van der Waals surface area contributed by atoms with Gasteiger partial charge in [-0.2, -0.15) is 5.10 Å². The second-order valence-electron chi connectivity index (χ2n) is 7.09. The van der Waals surface area contributed by atoms with Crippen molar-refractivity contribution in [3.63, 3.8) is 0 Å². The molecule has 23 heavy (non-hydrogen) atoms. The van der Waals surface area contributed by atoms with Crippen molar-refractivity contribution in [3.8, 4) is 0 Å². The maximum absolute atomic E-state index is 5.73. The maximum Gasteiger partial charge on any atom is 0.168 e. The highest BCUT2D eigenvalue weighted by Gasteiger charge is 2.43. The highest BCUT2D eigenvalue weighted by molar-refractivity contribution is 6.04. The third-order valence-electron chi connectivity index (χ3n) is 5.51. The van der Waals surface area contributed by atoms with Gasteiger partial charge >= 0.3 is 0 Å². The Morgan fingerprint density at radius 3 is 2.96 bits per heavy atom. The average molecular weight is 311 g/mol. The summed E-state index contributed by atoms with van der Waals surface area (Å²) < 4.78 is 7.72. The molecule has 2 aliphatic heterocycles. The molecule has 5 rings (SSSR count). The molecule has 1 aliphatic carbocycles. The Labute approximate surface area is 135 Å². The van der Waals surface area contributed by atoms with Crippen LogP contribution in [0, 0.1) is 0 Å². The molecule has 1 aromatic carbocycles. The van der Waals surface area contributed by atoms with Crippen LogP contribution in [-0.4, -0.2) is 34.3 Å². The minimum Gasteiger partial charge on any atom is -0.386 e. The maximum atomic E-state index is 5.73. The topological polar surface area (TPSA) is 48.6 Å². The summed E-state index contributed by atoms with van der Waals surface area (Å²) in [5.41, 5.74) is 3.20. The van der Waals surface area contributed by atoms with Crippen molar-refractivity contribution in [2.45, 2.75) is 50.2 Å². The van der Waals surface area contributed by atoms with E-state index < -0.39 is 0 Å². The van der Waals surface area contributed by atoms with Gasteiger partial charge in [0.2, 0.25) is 0 Å². The van der Waals surface area contributed by atoms with E-state index in [9.17, 15) is 0 Å². The Balaban J connectivity index is 1.49. The summed E-state index contributed by atoms with van der Waals surface area (Å²) in [4.78, 5) is 5.73. The zero-order valence-corrected chi connectivity index (χ0v) is 13.2. The van der Waals surface area contributed by atoms with Gasteiger partial charge in [-0.1, -0.05) is 30.1 Å². The number of fused-ring (bicyclic) bond motifs is 1. The summed E-state index contributed by atoms with van der Waals surface area (Å²) in [5.74, 6) is 0. The Morgan fingerprint density at radius 1 is 1.22 bits per heavy atom. The molecule has 0 radical (unpaired) electrons. The van der Waals surface area contributed by atoms with Crippen molar-refractivity contribution in [1.82, 2.24) is 9.78 Å². The zero-order valence-electron chi connectivity index (χ0n) is 13.2. The van der Waals surface area contributed by atoms with E-state index in [0.717, 1.165) is 30.7 Å². The van der Waals surface area contributed by atoms with Gasteiger partial charge in [-0.15, -0.1) is 0 Å². The molecule has 0 N–H and O–H groups in total. The molecule has 0 bridgehead atoms. The van der Waals surface area contributed by atoms with E-state index in [1.54, 1.807) is 0 Å². The van der Waals surface area contributed by atoms with E-state index in [1.165, 1.54) is 36.6 Å². The fourth-order valence-electron chi connectivity index (χ4n) is 4.13. The monoisotopic (exact) mass is 311 g/mol. The van der Waals surface area contributed by atoms with Crippen molar-refractivity contribution < 1.29 is 9.57 Å². The standard InChI is InChI=1S/C18H21N3O2/c1-2-4-15(3-1)21-17-9-13(5-6-14(17)11-19-21)16-10-18(23-20-16)7-8-22-12-18/h5-6,9,11,15H,1-4,7-8,10,12H2. The molecule has 1 saturated carbocycles. The molecule has 1 unspecified atom stereocenters. The predicted molar refractivity (Wildman–Crippen MR) is 87.6 cm³/mol. The summed E-state index contributed by atoms with van der Waals surface area (Å²) in [6.07, 6.45) is 8.87. The molecule has 1 atom stereocenters. The largest absolute Gasteiger partial charge is 0.386 e. The summed E-state index contributed by atoms with van der Waals surface area (Å²) in [5, 5.41) is 10.2. The number of aromatic nitrogens is 2. The van der Waals surface area contributed by atoms with Gasteiger partial charge in [0.1, 0.15) is 0 Å². The van der Waals surface area contributed by atoms with Gasteiger partial charge in [0.05, 0.1) is 36.7 Å². The number of ether oxygens (including phenoxy) is 1. The van der Waals surface area contributed by atoms with Gasteiger partial charge in [0.15, 0.2) is 5.60 Å². The Bertz CT molecular complexity index is 768. The summed E-state index contributed by atoms with van der Waals surface area (Å²) >= 11 is 0. The molecule has 120 valence electrons. The van der Waals surface area contributed by atoms with Gasteiger partial charge in [0.25, 0.3) is 0 Å². The normalized spacial score (nSPS) is 27.9. The van der Waals surface area contributed by atoms with Crippen molar-refractivity contribution in [2.24, 2.45) is 5.16 Å². The van der Waals surface area contributed by atoms with Crippen LogP contribution in [-0.2, 0) is 9.57 Å². The van der Waals surface area contributed by atoms with Crippen LogP contribution in [0.15, 0.2) is 29.6 Å². The van der Waals surface area contributed by atoms with Gasteiger partial charge in [0, 0.05) is 23.8 Å². The molecule has 5 heteroatoms. The van der Waals surface area contributed by atoms with Gasteiger partial charge in [-0.3, -0.25) is 4.68 Å². The first kappa shape index (κ1) is 13.5. The van der Waals surface area contributed by atoms with E-state index in [4.69, 9.17) is 9.57 Å². The van der Waals surface area contributed by atoms with Crippen LogP contribution in [0.3, 0.4) is 0 Å². The fraction of sp³-hybridized carbons (Fsp3) is 0.556. The number of hydrogen-bond acceptors (Lipinski definition) is 4. The van der Waals surface area contributed by atoms with Crippen LogP contribution < -0.4 is 0 Å². The lowest BCUT2D eigenvalue weighted by atomic mass is 9.93. The smallest absolute Gasteiger partial charge is 0.168 e. The Hall–Kier alpha value is -1.88. The Morgan fingerprint density at radius 2 is 2.13 bits per heavy atom. The fourth-order valence-corrected chi connectivity index (χ4v) is 4.13. The van der Waals surface area contributed by atoms with Crippen LogP contribution >= 0.6 is 0 Å². The van der Waals surface area contributed by atoms with Crippen molar-refractivity contribution in [2.75, 3.05) is 13.2 Å². The molecular formula is C18H21N3O2. The van der Waals surface area contributed by atoms with Crippen molar-refractivity contribution in [3.05, 3.63) is 30.0 Å². The molecule has 1 spiro atoms. The lowest BCUT2D eigenvalue weighted by Crippen LogP contribution is -2.29. The number of nitrogens with zero attached hydrogens (tertiary/aromatic N) is 3. The second-order valence-corrected chi connectivity index (χ2v) is 7.09. The first-order chi connectivity index (χ1) is 11.3. The van der Waals surface area contributed by atoms with Crippen LogP contribution in [0.5, 0.6) is 0 Å². The minimum atomic E-state index is -0.212. The van der Waals surface area contributed by atoms with E-state index >= 15 is 0 Å². The van der Waals surface area contributed by atoms with Crippen LogP contribution in [0.2, 0.25) is 0 Å². The SMILES string of the molecule is c1cc2cnn(C3CCCC3)c2cc1C1=NOC2(CCOC2)C1. The number of oxime groups is 1. The van der Waals surface area contributed by atoms with Gasteiger partial charge in [-0.25, -0.2) is 0 Å². The van der Waals surface area contributed by atoms with Crippen LogP contribution in [0.25, 0.3) is 10.9 Å². The summed E-state index contributed by atoms with van der Waals surface area (Å²) in [6, 6.07) is 7.08. The van der Waals surface area contributed by atoms with E-state index in [-0.39, 0.29) is 5.60 Å². The van der Waals surface area contributed by atoms with E-state index in [1.807, 2.05) is 6.20 Å². The predicted octanol–water partition coefficient (Wildman–Crippen LogP) is 3.43. The molecular weight excluding hydrogens is 290 g/mol. The van der Waals surface area contributed by atoms with Crippen LogP contribution in [0.1, 0.15) is 50.1 Å². The molecule has 3 aliphatic rings. The molecule has 3 heterocycles. The minimum absolute atomic E-state index is 0.212. The third kappa shape index (κ3) is 2.17. The van der Waals surface area contributed by atoms with Gasteiger partial charge < -0.3 is 9.57 Å². The number of rotatable bonds is 2. The molecule has 1 aromatic heterocycles. The molecule has 0 amide bonds. The van der Waals surface area contributed by atoms with E-state index in [2.05, 4.69) is 33.1 Å². The highest BCUT2D eigenvalue weighted by atomic mass is 16.7. The molecule has 2 fully saturated rings. The Kier molecular flexibility index (Phi) is 2.98. The molecule has 2 aromatic rings. The number of hydrogen-bond donors (Lipinski definition) is 0. The quantitative estimate of drug-likeness (QED) is 0.853. The lowest BCUT2D eigenvalue weighted by Gasteiger charge is -2.17. The lowest BCUT2D eigenvalue weighted by molar-refractivity contribution is -0.0237. The van der Waals surface area contributed by atoms with Crippen molar-refractivity contribution >= 4 is 16.6 Å². The third-order valence-corrected chi connectivity index (χ3v) is 5.51. The first-order valence-corrected chi connectivity index (χ1v) is 8.64. The second kappa shape index (κ2) is 5.06.